The molecule has 1 aromatic rings. The molecule has 0 N–H and O–H groups in total. The highest BCUT2D eigenvalue weighted by atomic mass is 79.9. The molecule has 1 aromatic carbocycles. The minimum atomic E-state index is -0.275. The Morgan fingerprint density at radius 2 is 2.00 bits per heavy atom. The first kappa shape index (κ1) is 14.5. The Labute approximate surface area is 122 Å². The lowest BCUT2D eigenvalue weighted by molar-refractivity contribution is -0.385. The molecule has 4 heteroatoms. The molecule has 1 saturated carbocycles. The van der Waals surface area contributed by atoms with Gasteiger partial charge in [0.1, 0.15) is 0 Å². The van der Waals surface area contributed by atoms with Crippen molar-refractivity contribution in [3.8, 4) is 0 Å². The van der Waals surface area contributed by atoms with Crippen LogP contribution in [0.5, 0.6) is 0 Å². The van der Waals surface area contributed by atoms with Gasteiger partial charge in [-0.25, -0.2) is 0 Å². The molecule has 0 heterocycles. The van der Waals surface area contributed by atoms with Crippen LogP contribution in [0.2, 0.25) is 0 Å². The Balaban J connectivity index is 2.19. The van der Waals surface area contributed by atoms with Crippen LogP contribution >= 0.6 is 15.9 Å². The third-order valence-electron chi connectivity index (χ3n) is 4.56. The van der Waals surface area contributed by atoms with E-state index in [0.717, 1.165) is 18.4 Å². The number of alkyl halides is 1. The van der Waals surface area contributed by atoms with Gasteiger partial charge < -0.3 is 0 Å². The molecule has 19 heavy (non-hydrogen) atoms. The average Bonchev–Trinajstić information content (AvgIpc) is 2.89. The summed E-state index contributed by atoms with van der Waals surface area (Å²) in [5, 5.41) is 11.1. The van der Waals surface area contributed by atoms with Crippen LogP contribution in [0.4, 0.5) is 5.69 Å². The van der Waals surface area contributed by atoms with Crippen LogP contribution in [0.1, 0.15) is 44.6 Å². The van der Waals surface area contributed by atoms with Crippen LogP contribution in [0.25, 0.3) is 0 Å². The number of hydrogen-bond donors (Lipinski definition) is 0. The van der Waals surface area contributed by atoms with Gasteiger partial charge in [0.15, 0.2) is 0 Å². The van der Waals surface area contributed by atoms with Crippen molar-refractivity contribution < 1.29 is 4.92 Å². The Morgan fingerprint density at radius 1 is 1.37 bits per heavy atom. The maximum absolute atomic E-state index is 11.1. The van der Waals surface area contributed by atoms with E-state index in [1.54, 1.807) is 12.1 Å². The summed E-state index contributed by atoms with van der Waals surface area (Å²) in [6.07, 6.45) is 6.92. The van der Waals surface area contributed by atoms with Gasteiger partial charge in [-0.3, -0.25) is 10.1 Å². The third kappa shape index (κ3) is 2.99. The fraction of sp³-hybridized carbons (Fsp3) is 0.600. The maximum Gasteiger partial charge on any atom is 0.272 e. The van der Waals surface area contributed by atoms with Crippen molar-refractivity contribution in [3.63, 3.8) is 0 Å². The molecule has 0 spiro atoms. The molecule has 104 valence electrons. The second kappa shape index (κ2) is 6.04. The Morgan fingerprint density at radius 3 is 2.58 bits per heavy atom. The minimum absolute atomic E-state index is 0.246. The first-order valence-electron chi connectivity index (χ1n) is 6.95. The lowest BCUT2D eigenvalue weighted by Crippen LogP contribution is -2.29. The van der Waals surface area contributed by atoms with Crippen LogP contribution in [0.15, 0.2) is 24.3 Å². The number of hydrogen-bond acceptors (Lipinski definition) is 2. The van der Waals surface area contributed by atoms with Gasteiger partial charge in [-0.05, 0) is 31.1 Å². The summed E-state index contributed by atoms with van der Waals surface area (Å²) in [6.45, 7) is 2.24. The molecule has 1 unspecified atom stereocenters. The first-order valence-corrected chi connectivity index (χ1v) is 7.87. The molecule has 1 fully saturated rings. The lowest BCUT2D eigenvalue weighted by Gasteiger charge is -2.33. The number of rotatable bonds is 5. The summed E-state index contributed by atoms with van der Waals surface area (Å²) >= 11 is 3.82. The van der Waals surface area contributed by atoms with Gasteiger partial charge in [0, 0.05) is 16.5 Å². The molecule has 0 amide bonds. The largest absolute Gasteiger partial charge is 0.272 e. The molecule has 1 aliphatic rings. The van der Waals surface area contributed by atoms with Crippen LogP contribution in [-0.4, -0.2) is 9.75 Å². The second-order valence-corrected chi connectivity index (χ2v) is 6.59. The summed E-state index contributed by atoms with van der Waals surface area (Å²) in [6, 6.07) is 7.10. The van der Waals surface area contributed by atoms with Crippen LogP contribution in [-0.2, 0) is 6.42 Å². The topological polar surface area (TPSA) is 43.1 Å². The van der Waals surface area contributed by atoms with E-state index in [-0.39, 0.29) is 10.6 Å². The van der Waals surface area contributed by atoms with E-state index in [1.807, 2.05) is 12.1 Å². The fourth-order valence-corrected chi connectivity index (χ4v) is 4.37. The second-order valence-electron chi connectivity index (χ2n) is 5.48. The van der Waals surface area contributed by atoms with E-state index in [2.05, 4.69) is 22.9 Å². The number of nitrogens with zero attached hydrogens (tertiary/aromatic N) is 1. The monoisotopic (exact) mass is 325 g/mol. The Kier molecular flexibility index (Phi) is 4.61. The van der Waals surface area contributed by atoms with Crippen molar-refractivity contribution >= 4 is 21.6 Å². The van der Waals surface area contributed by atoms with E-state index in [9.17, 15) is 10.1 Å². The van der Waals surface area contributed by atoms with E-state index in [1.165, 1.54) is 25.7 Å². The zero-order valence-corrected chi connectivity index (χ0v) is 12.9. The lowest BCUT2D eigenvalue weighted by atomic mass is 9.78. The van der Waals surface area contributed by atoms with Crippen LogP contribution in [0.3, 0.4) is 0 Å². The SMILES string of the molecule is CCC1(C(Br)Cc2ccccc2[N+](=O)[O-])CCCC1. The Bertz CT molecular complexity index is 455. The van der Waals surface area contributed by atoms with Crippen molar-refractivity contribution in [1.82, 2.24) is 0 Å². The number of halogens is 1. The van der Waals surface area contributed by atoms with E-state index in [0.29, 0.717) is 10.2 Å². The zero-order valence-electron chi connectivity index (χ0n) is 11.3. The van der Waals surface area contributed by atoms with Gasteiger partial charge in [0.05, 0.1) is 4.92 Å². The summed E-state index contributed by atoms with van der Waals surface area (Å²) in [7, 11) is 0. The van der Waals surface area contributed by atoms with Crippen molar-refractivity contribution in [3.05, 3.63) is 39.9 Å². The molecular weight excluding hydrogens is 306 g/mol. The van der Waals surface area contributed by atoms with Gasteiger partial charge in [0.2, 0.25) is 0 Å². The molecule has 0 aromatic heterocycles. The van der Waals surface area contributed by atoms with Gasteiger partial charge >= 0.3 is 0 Å². The summed E-state index contributed by atoms with van der Waals surface area (Å²) < 4.78 is 0. The summed E-state index contributed by atoms with van der Waals surface area (Å²) in [5.74, 6) is 0. The van der Waals surface area contributed by atoms with Gasteiger partial charge in [0.25, 0.3) is 5.69 Å². The molecule has 0 aliphatic heterocycles. The highest BCUT2D eigenvalue weighted by Gasteiger charge is 2.38. The van der Waals surface area contributed by atoms with E-state index < -0.39 is 0 Å². The van der Waals surface area contributed by atoms with E-state index >= 15 is 0 Å². The van der Waals surface area contributed by atoms with Gasteiger partial charge in [-0.2, -0.15) is 0 Å². The number of para-hydroxylation sites is 1. The van der Waals surface area contributed by atoms with Crippen molar-refractivity contribution in [2.24, 2.45) is 5.41 Å². The van der Waals surface area contributed by atoms with Crippen LogP contribution in [0, 0.1) is 15.5 Å². The standard InChI is InChI=1S/C15H20BrNO2/c1-2-15(9-5-6-10-15)14(16)11-12-7-3-4-8-13(12)17(18)19/h3-4,7-8,14H,2,5-6,9-11H2,1H3. The van der Waals surface area contributed by atoms with Crippen molar-refractivity contribution in [2.75, 3.05) is 0 Å². The quantitative estimate of drug-likeness (QED) is 0.440. The Hall–Kier alpha value is -0.900. The highest BCUT2D eigenvalue weighted by molar-refractivity contribution is 9.09. The van der Waals surface area contributed by atoms with Gasteiger partial charge in [-0.1, -0.05) is 53.9 Å². The molecule has 0 radical (unpaired) electrons. The first-order chi connectivity index (χ1) is 9.09. The fourth-order valence-electron chi connectivity index (χ4n) is 3.24. The maximum atomic E-state index is 11.1. The molecule has 3 nitrogen and oxygen atoms in total. The average molecular weight is 326 g/mol. The molecule has 1 atom stereocenters. The predicted molar refractivity (Wildman–Crippen MR) is 80.7 cm³/mol. The number of nitro benzene ring substituents is 1. The zero-order chi connectivity index (χ0) is 13.9. The summed E-state index contributed by atoms with van der Waals surface area (Å²) in [5.41, 5.74) is 1.41. The molecule has 0 bridgehead atoms. The number of benzene rings is 1. The predicted octanol–water partition coefficient (Wildman–Crippen LogP) is 4.87. The summed E-state index contributed by atoms with van der Waals surface area (Å²) in [4.78, 5) is 11.1. The normalized spacial score (nSPS) is 19.3. The van der Waals surface area contributed by atoms with Crippen LogP contribution < -0.4 is 0 Å². The number of nitro groups is 1. The van der Waals surface area contributed by atoms with Crippen molar-refractivity contribution in [2.45, 2.75) is 50.3 Å². The molecule has 1 aliphatic carbocycles. The highest BCUT2D eigenvalue weighted by Crippen LogP contribution is 2.48. The third-order valence-corrected chi connectivity index (χ3v) is 5.85. The minimum Gasteiger partial charge on any atom is -0.258 e. The van der Waals surface area contributed by atoms with Gasteiger partial charge in [-0.15, -0.1) is 0 Å². The smallest absolute Gasteiger partial charge is 0.258 e. The van der Waals surface area contributed by atoms with Crippen molar-refractivity contribution in [1.29, 1.82) is 0 Å². The molecular formula is C15H20BrNO2. The molecule has 0 saturated heterocycles. The molecule has 2 rings (SSSR count). The van der Waals surface area contributed by atoms with E-state index in [4.69, 9.17) is 0 Å².